The van der Waals surface area contributed by atoms with Crippen LogP contribution in [0.5, 0.6) is 11.5 Å². The Morgan fingerprint density at radius 3 is 2.40 bits per heavy atom. The minimum atomic E-state index is -4.42. The minimum Gasteiger partial charge on any atom is -0.508 e. The van der Waals surface area contributed by atoms with Crippen LogP contribution in [-0.2, 0) is 6.18 Å². The SMILES string of the molecule is Oc1ccc(/C=N/c2cccc(C(F)(F)F)c2)c(O)c1. The van der Waals surface area contributed by atoms with E-state index >= 15 is 0 Å². The van der Waals surface area contributed by atoms with Gasteiger partial charge in [-0.1, -0.05) is 6.07 Å². The summed E-state index contributed by atoms with van der Waals surface area (Å²) in [6.45, 7) is 0. The van der Waals surface area contributed by atoms with Crippen LogP contribution in [0.1, 0.15) is 11.1 Å². The molecule has 0 aromatic heterocycles. The van der Waals surface area contributed by atoms with Crippen molar-refractivity contribution in [2.75, 3.05) is 0 Å². The highest BCUT2D eigenvalue weighted by Gasteiger charge is 2.30. The van der Waals surface area contributed by atoms with Crippen LogP contribution in [0.25, 0.3) is 0 Å². The van der Waals surface area contributed by atoms with Gasteiger partial charge in [0.25, 0.3) is 0 Å². The van der Waals surface area contributed by atoms with E-state index in [9.17, 15) is 18.3 Å². The van der Waals surface area contributed by atoms with Crippen LogP contribution < -0.4 is 0 Å². The van der Waals surface area contributed by atoms with Gasteiger partial charge in [0, 0.05) is 17.8 Å². The number of phenolic OH excluding ortho intramolecular Hbond substituents is 2. The summed E-state index contributed by atoms with van der Waals surface area (Å²) in [5, 5.41) is 18.6. The van der Waals surface area contributed by atoms with E-state index in [1.165, 1.54) is 30.5 Å². The molecule has 0 unspecified atom stereocenters. The van der Waals surface area contributed by atoms with Gasteiger partial charge in [0.2, 0.25) is 0 Å². The van der Waals surface area contributed by atoms with Crippen molar-refractivity contribution in [3.63, 3.8) is 0 Å². The molecule has 3 nitrogen and oxygen atoms in total. The maximum absolute atomic E-state index is 12.5. The van der Waals surface area contributed by atoms with Gasteiger partial charge >= 0.3 is 6.18 Å². The van der Waals surface area contributed by atoms with Crippen molar-refractivity contribution >= 4 is 11.9 Å². The monoisotopic (exact) mass is 281 g/mol. The first-order valence-electron chi connectivity index (χ1n) is 5.59. The molecule has 0 bridgehead atoms. The zero-order chi connectivity index (χ0) is 14.8. The fourth-order valence-electron chi connectivity index (χ4n) is 1.55. The molecule has 0 saturated carbocycles. The lowest BCUT2D eigenvalue weighted by atomic mass is 10.2. The molecule has 0 aliphatic heterocycles. The molecule has 0 spiro atoms. The van der Waals surface area contributed by atoms with Gasteiger partial charge in [-0.05, 0) is 30.3 Å². The van der Waals surface area contributed by atoms with Crippen LogP contribution in [-0.4, -0.2) is 16.4 Å². The number of hydrogen-bond donors (Lipinski definition) is 2. The fourth-order valence-corrected chi connectivity index (χ4v) is 1.55. The Morgan fingerprint density at radius 2 is 1.75 bits per heavy atom. The van der Waals surface area contributed by atoms with Crippen molar-refractivity contribution in [1.29, 1.82) is 0 Å². The summed E-state index contributed by atoms with van der Waals surface area (Å²) in [7, 11) is 0. The number of rotatable bonds is 2. The van der Waals surface area contributed by atoms with Crippen LogP contribution in [0.15, 0.2) is 47.5 Å². The first-order valence-corrected chi connectivity index (χ1v) is 5.59. The average Bonchev–Trinajstić information content (AvgIpc) is 2.37. The molecule has 6 heteroatoms. The largest absolute Gasteiger partial charge is 0.508 e. The van der Waals surface area contributed by atoms with Gasteiger partial charge in [-0.25, -0.2) is 0 Å². The number of aromatic hydroxyl groups is 2. The molecule has 0 aliphatic carbocycles. The third-order valence-electron chi connectivity index (χ3n) is 2.54. The molecular formula is C14H10F3NO2. The van der Waals surface area contributed by atoms with Crippen molar-refractivity contribution in [2.24, 2.45) is 4.99 Å². The average molecular weight is 281 g/mol. The quantitative estimate of drug-likeness (QED) is 0.821. The van der Waals surface area contributed by atoms with E-state index in [1.807, 2.05) is 0 Å². The number of nitrogens with zero attached hydrogens (tertiary/aromatic N) is 1. The molecule has 0 aliphatic rings. The van der Waals surface area contributed by atoms with E-state index in [-0.39, 0.29) is 17.2 Å². The van der Waals surface area contributed by atoms with E-state index in [4.69, 9.17) is 5.11 Å². The molecule has 2 N–H and O–H groups in total. The van der Waals surface area contributed by atoms with Crippen LogP contribution in [0.4, 0.5) is 18.9 Å². The van der Waals surface area contributed by atoms with E-state index in [2.05, 4.69) is 4.99 Å². The Hall–Kier alpha value is -2.50. The van der Waals surface area contributed by atoms with Gasteiger partial charge in [0.1, 0.15) is 11.5 Å². The highest BCUT2D eigenvalue weighted by atomic mass is 19.4. The lowest BCUT2D eigenvalue weighted by Crippen LogP contribution is -2.03. The van der Waals surface area contributed by atoms with Crippen LogP contribution >= 0.6 is 0 Å². The van der Waals surface area contributed by atoms with Crippen LogP contribution in [0, 0.1) is 0 Å². The zero-order valence-corrected chi connectivity index (χ0v) is 10.1. The highest BCUT2D eigenvalue weighted by Crippen LogP contribution is 2.31. The Labute approximate surface area is 112 Å². The van der Waals surface area contributed by atoms with E-state index in [1.54, 1.807) is 0 Å². The molecule has 2 rings (SSSR count). The molecular weight excluding hydrogens is 271 g/mol. The third-order valence-corrected chi connectivity index (χ3v) is 2.54. The Kier molecular flexibility index (Phi) is 3.65. The molecule has 2 aromatic carbocycles. The molecule has 2 aromatic rings. The molecule has 0 heterocycles. The Bertz CT molecular complexity index is 651. The number of alkyl halides is 3. The maximum atomic E-state index is 12.5. The first kappa shape index (κ1) is 13.9. The third kappa shape index (κ3) is 3.28. The fraction of sp³-hybridized carbons (Fsp3) is 0.0714. The molecule has 0 saturated heterocycles. The predicted octanol–water partition coefficient (Wildman–Crippen LogP) is 3.87. The second kappa shape index (κ2) is 5.24. The molecule has 0 amide bonds. The smallest absolute Gasteiger partial charge is 0.416 e. The van der Waals surface area contributed by atoms with Crippen molar-refractivity contribution < 1.29 is 23.4 Å². The molecule has 0 atom stereocenters. The molecule has 20 heavy (non-hydrogen) atoms. The number of phenols is 2. The van der Waals surface area contributed by atoms with Gasteiger partial charge in [-0.15, -0.1) is 0 Å². The normalized spacial score (nSPS) is 11.9. The number of aliphatic imine (C=N–C) groups is 1. The molecule has 0 radical (unpaired) electrons. The van der Waals surface area contributed by atoms with E-state index in [0.717, 1.165) is 18.2 Å². The standard InChI is InChI=1S/C14H10F3NO2/c15-14(16,17)10-2-1-3-11(6-10)18-8-9-4-5-12(19)7-13(9)20/h1-8,19-20H/b18-8+. The zero-order valence-electron chi connectivity index (χ0n) is 10.1. The second-order valence-corrected chi connectivity index (χ2v) is 4.05. The maximum Gasteiger partial charge on any atom is 0.416 e. The van der Waals surface area contributed by atoms with Gasteiger partial charge in [0.05, 0.1) is 11.3 Å². The summed E-state index contributed by atoms with van der Waals surface area (Å²) < 4.78 is 37.6. The van der Waals surface area contributed by atoms with E-state index in [0.29, 0.717) is 5.56 Å². The molecule has 0 fully saturated rings. The predicted molar refractivity (Wildman–Crippen MR) is 68.5 cm³/mol. The summed E-state index contributed by atoms with van der Waals surface area (Å²) in [5.74, 6) is -0.320. The van der Waals surface area contributed by atoms with Crippen molar-refractivity contribution in [3.05, 3.63) is 53.6 Å². The van der Waals surface area contributed by atoms with Crippen LogP contribution in [0.2, 0.25) is 0 Å². The van der Waals surface area contributed by atoms with Gasteiger partial charge < -0.3 is 10.2 Å². The summed E-state index contributed by atoms with van der Waals surface area (Å²) in [6.07, 6.45) is -3.20. The summed E-state index contributed by atoms with van der Waals surface area (Å²) in [6, 6.07) is 8.41. The number of halogens is 3. The lowest BCUT2D eigenvalue weighted by molar-refractivity contribution is -0.137. The second-order valence-electron chi connectivity index (χ2n) is 4.05. The highest BCUT2D eigenvalue weighted by molar-refractivity contribution is 5.85. The lowest BCUT2D eigenvalue weighted by Gasteiger charge is -2.06. The summed E-state index contributed by atoms with van der Waals surface area (Å²) >= 11 is 0. The topological polar surface area (TPSA) is 52.8 Å². The number of hydrogen-bond acceptors (Lipinski definition) is 3. The van der Waals surface area contributed by atoms with Gasteiger partial charge in [-0.2, -0.15) is 13.2 Å². The van der Waals surface area contributed by atoms with Gasteiger partial charge in [-0.3, -0.25) is 4.99 Å². The minimum absolute atomic E-state index is 0.112. The van der Waals surface area contributed by atoms with Crippen molar-refractivity contribution in [3.8, 4) is 11.5 Å². The first-order chi connectivity index (χ1) is 9.36. The Morgan fingerprint density at radius 1 is 1.00 bits per heavy atom. The Balaban J connectivity index is 2.28. The summed E-state index contributed by atoms with van der Waals surface area (Å²) in [4.78, 5) is 3.87. The van der Waals surface area contributed by atoms with Gasteiger partial charge in [0.15, 0.2) is 0 Å². The van der Waals surface area contributed by atoms with Crippen LogP contribution in [0.3, 0.4) is 0 Å². The summed E-state index contributed by atoms with van der Waals surface area (Å²) in [5.41, 5.74) is -0.380. The number of benzene rings is 2. The van der Waals surface area contributed by atoms with E-state index < -0.39 is 11.7 Å². The van der Waals surface area contributed by atoms with Crippen molar-refractivity contribution in [2.45, 2.75) is 6.18 Å². The van der Waals surface area contributed by atoms with Crippen molar-refractivity contribution in [1.82, 2.24) is 0 Å². The molecule has 104 valence electrons.